The van der Waals surface area contributed by atoms with E-state index in [0.29, 0.717) is 0 Å². The molecule has 21 heavy (non-hydrogen) atoms. The maximum Gasteiger partial charge on any atom is 0.0547 e. The normalized spacial score (nSPS) is 24.0. The molecule has 0 spiro atoms. The van der Waals surface area contributed by atoms with Gasteiger partial charge in [0.2, 0.25) is 0 Å². The van der Waals surface area contributed by atoms with Gasteiger partial charge >= 0.3 is 0 Å². The molecule has 1 aliphatic heterocycles. The lowest BCUT2D eigenvalue weighted by molar-refractivity contribution is 0.181. The van der Waals surface area contributed by atoms with Gasteiger partial charge in [-0.15, -0.1) is 0 Å². The predicted molar refractivity (Wildman–Crippen MR) is 87.0 cm³/mol. The summed E-state index contributed by atoms with van der Waals surface area (Å²) < 4.78 is 0. The monoisotopic (exact) mass is 287 g/mol. The third-order valence-corrected chi connectivity index (χ3v) is 5.14. The highest BCUT2D eigenvalue weighted by Gasteiger charge is 2.33. The smallest absolute Gasteiger partial charge is 0.0547 e. The van der Waals surface area contributed by atoms with E-state index < -0.39 is 0 Å². The van der Waals surface area contributed by atoms with Crippen LogP contribution in [0.3, 0.4) is 0 Å². The second-order valence-corrected chi connectivity index (χ2v) is 6.63. The highest BCUT2D eigenvalue weighted by atomic mass is 15.2. The minimum atomic E-state index is 0.826. The summed E-state index contributed by atoms with van der Waals surface area (Å²) in [7, 11) is 0. The summed E-state index contributed by atoms with van der Waals surface area (Å²) in [5, 5.41) is 3.36. The molecular formula is C18H29N3. The van der Waals surface area contributed by atoms with E-state index in [0.717, 1.165) is 31.6 Å². The van der Waals surface area contributed by atoms with Gasteiger partial charge < -0.3 is 5.32 Å². The minimum Gasteiger partial charge on any atom is -0.311 e. The summed E-state index contributed by atoms with van der Waals surface area (Å²) in [6.45, 7) is 6.33. The first kappa shape index (κ1) is 15.0. The van der Waals surface area contributed by atoms with Crippen LogP contribution in [0.25, 0.3) is 0 Å². The molecule has 0 aromatic carbocycles. The number of rotatable bonds is 6. The van der Waals surface area contributed by atoms with E-state index in [1.165, 1.54) is 56.5 Å². The van der Waals surface area contributed by atoms with Crippen molar-refractivity contribution in [2.45, 2.75) is 64.6 Å². The quantitative estimate of drug-likeness (QED) is 0.869. The van der Waals surface area contributed by atoms with E-state index in [1.807, 2.05) is 0 Å². The van der Waals surface area contributed by atoms with Crippen LogP contribution in [-0.2, 0) is 13.1 Å². The lowest BCUT2D eigenvalue weighted by Crippen LogP contribution is -2.34. The van der Waals surface area contributed by atoms with Crippen molar-refractivity contribution in [2.75, 3.05) is 13.1 Å². The van der Waals surface area contributed by atoms with Gasteiger partial charge in [-0.25, -0.2) is 0 Å². The molecule has 2 fully saturated rings. The largest absolute Gasteiger partial charge is 0.311 e. The highest BCUT2D eigenvalue weighted by molar-refractivity contribution is 5.11. The van der Waals surface area contributed by atoms with Crippen LogP contribution in [0.2, 0.25) is 0 Å². The summed E-state index contributed by atoms with van der Waals surface area (Å²) in [5.41, 5.74) is 2.42. The van der Waals surface area contributed by atoms with E-state index in [2.05, 4.69) is 35.3 Å². The Bertz CT molecular complexity index is 440. The van der Waals surface area contributed by atoms with Gasteiger partial charge in [0, 0.05) is 19.1 Å². The fraction of sp³-hybridized carbons (Fsp3) is 0.722. The molecule has 1 aromatic heterocycles. The predicted octanol–water partition coefficient (Wildman–Crippen LogP) is 3.35. The Kier molecular flexibility index (Phi) is 5.26. The van der Waals surface area contributed by atoms with Crippen LogP contribution in [0.1, 0.15) is 56.8 Å². The molecule has 1 unspecified atom stereocenters. The second-order valence-electron chi connectivity index (χ2n) is 6.63. The molecule has 0 amide bonds. The van der Waals surface area contributed by atoms with Crippen LogP contribution in [0.5, 0.6) is 0 Å². The molecule has 3 heteroatoms. The Morgan fingerprint density at radius 3 is 2.76 bits per heavy atom. The Hall–Kier alpha value is -0.930. The van der Waals surface area contributed by atoms with Crippen molar-refractivity contribution < 1.29 is 0 Å². The Morgan fingerprint density at radius 2 is 1.95 bits per heavy atom. The molecule has 3 nitrogen and oxygen atoms in total. The van der Waals surface area contributed by atoms with E-state index in [9.17, 15) is 0 Å². The lowest BCUT2D eigenvalue weighted by Gasteiger charge is -2.29. The molecular weight excluding hydrogens is 258 g/mol. The molecule has 3 rings (SSSR count). The van der Waals surface area contributed by atoms with E-state index in [4.69, 9.17) is 4.98 Å². The van der Waals surface area contributed by atoms with Gasteiger partial charge in [0.05, 0.1) is 11.4 Å². The number of hydrogen-bond acceptors (Lipinski definition) is 3. The Labute approximate surface area is 129 Å². The first-order valence-corrected chi connectivity index (χ1v) is 8.76. The fourth-order valence-corrected chi connectivity index (χ4v) is 4.10. The molecule has 1 N–H and O–H groups in total. The van der Waals surface area contributed by atoms with Crippen LogP contribution in [-0.4, -0.2) is 29.0 Å². The second kappa shape index (κ2) is 7.37. The van der Waals surface area contributed by atoms with Crippen LogP contribution in [0, 0.1) is 5.92 Å². The molecule has 116 valence electrons. The zero-order valence-corrected chi connectivity index (χ0v) is 13.4. The summed E-state index contributed by atoms with van der Waals surface area (Å²) in [6.07, 6.45) is 8.58. The third kappa shape index (κ3) is 3.83. The van der Waals surface area contributed by atoms with E-state index >= 15 is 0 Å². The molecule has 0 radical (unpaired) electrons. The van der Waals surface area contributed by atoms with Crippen LogP contribution < -0.4 is 5.32 Å². The summed E-state index contributed by atoms with van der Waals surface area (Å²) in [6, 6.07) is 7.31. The molecule has 1 aliphatic carbocycles. The first-order chi connectivity index (χ1) is 10.4. The standard InChI is InChI=1S/C18H29N3/c1-2-19-13-16-9-5-10-17(20-16)14-21-12-6-11-18(21)15-7-3-4-8-15/h5,9-10,15,18-19H,2-4,6-8,11-14H2,1H3. The first-order valence-electron chi connectivity index (χ1n) is 8.76. The zero-order valence-electron chi connectivity index (χ0n) is 13.4. The van der Waals surface area contributed by atoms with Crippen molar-refractivity contribution in [3.63, 3.8) is 0 Å². The maximum absolute atomic E-state index is 4.83. The number of hydrogen-bond donors (Lipinski definition) is 1. The SMILES string of the molecule is CCNCc1cccc(CN2CCCC2C2CCCC2)n1. The highest BCUT2D eigenvalue weighted by Crippen LogP contribution is 2.35. The van der Waals surface area contributed by atoms with Crippen molar-refractivity contribution in [3.8, 4) is 0 Å². The van der Waals surface area contributed by atoms with Gasteiger partial charge in [-0.05, 0) is 56.8 Å². The maximum atomic E-state index is 4.83. The minimum absolute atomic E-state index is 0.826. The molecule has 2 heterocycles. The van der Waals surface area contributed by atoms with Crippen molar-refractivity contribution >= 4 is 0 Å². The Morgan fingerprint density at radius 1 is 1.14 bits per heavy atom. The summed E-state index contributed by atoms with van der Waals surface area (Å²) >= 11 is 0. The molecule has 0 bridgehead atoms. The lowest BCUT2D eigenvalue weighted by atomic mass is 9.96. The number of pyridine rings is 1. The van der Waals surface area contributed by atoms with Crippen LogP contribution >= 0.6 is 0 Å². The fourth-order valence-electron chi connectivity index (χ4n) is 4.10. The molecule has 1 aromatic rings. The number of aromatic nitrogens is 1. The number of nitrogens with zero attached hydrogens (tertiary/aromatic N) is 2. The molecule has 1 saturated carbocycles. The van der Waals surface area contributed by atoms with Crippen LogP contribution in [0.4, 0.5) is 0 Å². The molecule has 2 aliphatic rings. The van der Waals surface area contributed by atoms with Gasteiger partial charge in [0.15, 0.2) is 0 Å². The van der Waals surface area contributed by atoms with Gasteiger partial charge in [-0.3, -0.25) is 9.88 Å². The van der Waals surface area contributed by atoms with Gasteiger partial charge in [0.25, 0.3) is 0 Å². The van der Waals surface area contributed by atoms with E-state index in [1.54, 1.807) is 0 Å². The third-order valence-electron chi connectivity index (χ3n) is 5.14. The van der Waals surface area contributed by atoms with Gasteiger partial charge in [0.1, 0.15) is 0 Å². The van der Waals surface area contributed by atoms with Crippen molar-refractivity contribution in [1.82, 2.24) is 15.2 Å². The summed E-state index contributed by atoms with van der Waals surface area (Å²) in [5.74, 6) is 0.956. The van der Waals surface area contributed by atoms with Gasteiger partial charge in [-0.2, -0.15) is 0 Å². The topological polar surface area (TPSA) is 28.2 Å². The van der Waals surface area contributed by atoms with Crippen LogP contribution in [0.15, 0.2) is 18.2 Å². The van der Waals surface area contributed by atoms with Gasteiger partial charge in [-0.1, -0.05) is 25.8 Å². The van der Waals surface area contributed by atoms with Crippen molar-refractivity contribution in [1.29, 1.82) is 0 Å². The Balaban J connectivity index is 1.62. The average Bonchev–Trinajstić information content (AvgIpc) is 3.16. The average molecular weight is 287 g/mol. The summed E-state index contributed by atoms with van der Waals surface area (Å²) in [4.78, 5) is 7.53. The van der Waals surface area contributed by atoms with E-state index in [-0.39, 0.29) is 0 Å². The number of nitrogens with one attached hydrogen (secondary N) is 1. The molecule has 1 atom stereocenters. The molecule has 1 saturated heterocycles. The zero-order chi connectivity index (χ0) is 14.5. The number of likely N-dealkylation sites (tertiary alicyclic amines) is 1. The van der Waals surface area contributed by atoms with Crippen molar-refractivity contribution in [3.05, 3.63) is 29.6 Å². The van der Waals surface area contributed by atoms with Crippen molar-refractivity contribution in [2.24, 2.45) is 5.92 Å².